The largest absolute Gasteiger partial charge is 0.381 e. The lowest BCUT2D eigenvalue weighted by Gasteiger charge is -2.71. The van der Waals surface area contributed by atoms with E-state index in [4.69, 9.17) is 6.57 Å². The van der Waals surface area contributed by atoms with E-state index < -0.39 is 16.4 Å². The Morgan fingerprint density at radius 2 is 1.71 bits per heavy atom. The average Bonchev–Trinajstić information content (AvgIpc) is 2.80. The summed E-state index contributed by atoms with van der Waals surface area (Å²) >= 11 is 0. The fraction of sp³-hybridized carbons (Fsp3) is 0.774. The molecule has 0 aliphatic heterocycles. The number of hydrogen-bond donors (Lipinski definition) is 1. The molecule has 5 aliphatic carbocycles. The molecule has 190 valence electrons. The molecule has 0 amide bonds. The summed E-state index contributed by atoms with van der Waals surface area (Å²) < 4.78 is 0. The molecule has 0 aromatic heterocycles. The smallest absolute Gasteiger partial charge is 0.226 e. The van der Waals surface area contributed by atoms with Crippen molar-refractivity contribution < 1.29 is 14.7 Å². The van der Waals surface area contributed by atoms with Gasteiger partial charge in [0, 0.05) is 22.7 Å². The van der Waals surface area contributed by atoms with Crippen LogP contribution in [0.3, 0.4) is 0 Å². The molecular formula is C31H43NO3. The Morgan fingerprint density at radius 1 is 1.06 bits per heavy atom. The third-order valence-corrected chi connectivity index (χ3v) is 12.6. The summed E-state index contributed by atoms with van der Waals surface area (Å²) in [6.07, 6.45) is 11.4. The van der Waals surface area contributed by atoms with Gasteiger partial charge in [-0.05, 0) is 73.2 Å². The maximum atomic E-state index is 14.3. The lowest BCUT2D eigenvalue weighted by Crippen LogP contribution is -2.73. The maximum Gasteiger partial charge on any atom is 0.226 e. The van der Waals surface area contributed by atoms with E-state index in [9.17, 15) is 14.7 Å². The van der Waals surface area contributed by atoms with E-state index in [1.54, 1.807) is 6.08 Å². The zero-order valence-electron chi connectivity index (χ0n) is 22.8. The lowest BCUT2D eigenvalue weighted by molar-refractivity contribution is -0.245. The van der Waals surface area contributed by atoms with Crippen molar-refractivity contribution in [3.8, 4) is 0 Å². The molecule has 5 aliphatic rings. The summed E-state index contributed by atoms with van der Waals surface area (Å²) in [5.74, 6) is -0.393. The van der Waals surface area contributed by atoms with Gasteiger partial charge in [-0.25, -0.2) is 4.85 Å². The van der Waals surface area contributed by atoms with Gasteiger partial charge in [0.15, 0.2) is 11.6 Å². The topological polar surface area (TPSA) is 58.7 Å². The Hall–Kier alpha value is -1.73. The van der Waals surface area contributed by atoms with Crippen molar-refractivity contribution in [3.05, 3.63) is 34.8 Å². The number of hydrogen-bond acceptors (Lipinski definition) is 3. The van der Waals surface area contributed by atoms with Gasteiger partial charge < -0.3 is 9.90 Å². The Labute approximate surface area is 211 Å². The molecule has 0 saturated heterocycles. The quantitative estimate of drug-likeness (QED) is 0.428. The minimum absolute atomic E-state index is 0.0190. The number of fused-ring (bicyclic) bond motifs is 7. The number of rotatable bonds is 1. The number of ketones is 2. The first-order valence-electron chi connectivity index (χ1n) is 13.8. The van der Waals surface area contributed by atoms with Gasteiger partial charge in [-0.15, -0.1) is 0 Å². The van der Waals surface area contributed by atoms with Gasteiger partial charge in [0.1, 0.15) is 5.60 Å². The highest BCUT2D eigenvalue weighted by Gasteiger charge is 2.74. The normalized spacial score (nSPS) is 50.5. The average molecular weight is 478 g/mol. The second-order valence-corrected chi connectivity index (χ2v) is 14.2. The van der Waals surface area contributed by atoms with Crippen molar-refractivity contribution in [1.82, 2.24) is 0 Å². The zero-order chi connectivity index (χ0) is 25.8. The van der Waals surface area contributed by atoms with Crippen LogP contribution in [0.2, 0.25) is 0 Å². The third kappa shape index (κ3) is 2.77. The van der Waals surface area contributed by atoms with E-state index in [2.05, 4.69) is 46.4 Å². The zero-order valence-corrected chi connectivity index (χ0v) is 22.8. The molecule has 5 rings (SSSR count). The maximum absolute atomic E-state index is 14.3. The number of aliphatic hydroxyl groups is 1. The predicted molar refractivity (Wildman–Crippen MR) is 137 cm³/mol. The Morgan fingerprint density at radius 3 is 2.34 bits per heavy atom. The molecule has 8 atom stereocenters. The molecule has 4 heteroatoms. The Bertz CT molecular complexity index is 1110. The fourth-order valence-corrected chi connectivity index (χ4v) is 9.95. The van der Waals surface area contributed by atoms with Gasteiger partial charge >= 0.3 is 0 Å². The first kappa shape index (κ1) is 24.9. The number of nitrogens with zero attached hydrogens (tertiary/aromatic N) is 1. The van der Waals surface area contributed by atoms with Crippen LogP contribution in [0.25, 0.3) is 4.85 Å². The number of carbonyl (C=O) groups excluding carboxylic acids is 2. The second kappa shape index (κ2) is 7.18. The highest BCUT2D eigenvalue weighted by atomic mass is 16.3. The molecule has 0 aromatic carbocycles. The number of Topliss-reactive ketones (excluding diaryl/α,β-unsaturated/α-hetero) is 1. The van der Waals surface area contributed by atoms with Crippen LogP contribution in [0.5, 0.6) is 0 Å². The highest BCUT2D eigenvalue weighted by Crippen LogP contribution is 2.75. The molecule has 0 aromatic rings. The van der Waals surface area contributed by atoms with Gasteiger partial charge in [-0.2, -0.15) is 0 Å². The first-order valence-corrected chi connectivity index (χ1v) is 13.8. The van der Waals surface area contributed by atoms with Gasteiger partial charge in [-0.1, -0.05) is 66.5 Å². The standard InChI is InChI=1S/C31H43NO3/c1-9-30-14-12-26(3,4)18-23(30)31(35)24(33)16-22-27(5)17-21(32-8)25(34)19(2)20(27)10-11-28(22,6)29(31,7)13-15-30/h16-17,19-20,23,35H,9-15,18H2,1-7H3/t19-,20-,23+,27-,28+,29-,30+,31+/m0/s1. The van der Waals surface area contributed by atoms with Crippen LogP contribution in [0.4, 0.5) is 0 Å². The van der Waals surface area contributed by atoms with Crippen LogP contribution >= 0.6 is 0 Å². The summed E-state index contributed by atoms with van der Waals surface area (Å²) in [6.45, 7) is 23.0. The Kier molecular flexibility index (Phi) is 5.12. The molecule has 3 saturated carbocycles. The number of allylic oxidation sites excluding steroid dienone is 3. The van der Waals surface area contributed by atoms with Crippen LogP contribution in [0.1, 0.15) is 99.8 Å². The molecule has 0 radical (unpaired) electrons. The van der Waals surface area contributed by atoms with Crippen LogP contribution in [0, 0.1) is 51.4 Å². The van der Waals surface area contributed by atoms with Crippen molar-refractivity contribution in [2.24, 2.45) is 44.8 Å². The van der Waals surface area contributed by atoms with Crippen LogP contribution in [-0.2, 0) is 9.59 Å². The predicted octanol–water partition coefficient (Wildman–Crippen LogP) is 6.69. The minimum atomic E-state index is -1.39. The summed E-state index contributed by atoms with van der Waals surface area (Å²) in [5, 5.41) is 12.8. The molecule has 0 spiro atoms. The van der Waals surface area contributed by atoms with Gasteiger partial charge in [0.2, 0.25) is 5.70 Å². The molecule has 0 unspecified atom stereocenters. The van der Waals surface area contributed by atoms with Crippen LogP contribution in [0.15, 0.2) is 23.4 Å². The van der Waals surface area contributed by atoms with Crippen molar-refractivity contribution in [3.63, 3.8) is 0 Å². The molecular weight excluding hydrogens is 434 g/mol. The van der Waals surface area contributed by atoms with Crippen molar-refractivity contribution in [1.29, 1.82) is 0 Å². The van der Waals surface area contributed by atoms with E-state index >= 15 is 0 Å². The van der Waals surface area contributed by atoms with Gasteiger partial charge in [-0.3, -0.25) is 4.79 Å². The summed E-state index contributed by atoms with van der Waals surface area (Å²) in [4.78, 5) is 30.8. The third-order valence-electron chi connectivity index (χ3n) is 12.6. The van der Waals surface area contributed by atoms with Crippen molar-refractivity contribution >= 4 is 11.6 Å². The van der Waals surface area contributed by atoms with Crippen molar-refractivity contribution in [2.75, 3.05) is 0 Å². The first-order chi connectivity index (χ1) is 16.2. The molecule has 3 fully saturated rings. The van der Waals surface area contributed by atoms with E-state index in [-0.39, 0.29) is 51.3 Å². The summed E-state index contributed by atoms with van der Waals surface area (Å²) in [5.41, 5.74) is -1.47. The number of carbonyl (C=O) groups is 2. The SMILES string of the molecule is [C-]#[N+]C1=C[C@]2(C)C3=CC(=O)[C@]4(O)[C@@H]5CC(C)(C)CC[C@]5(CC)CC[C@@]4(C)[C@]3(C)CC[C@H]2[C@H](C)C1=O. The van der Waals surface area contributed by atoms with Crippen molar-refractivity contribution in [2.45, 2.75) is 105 Å². The van der Waals surface area contributed by atoms with E-state index in [0.717, 1.165) is 56.9 Å². The summed E-state index contributed by atoms with van der Waals surface area (Å²) in [7, 11) is 0. The van der Waals surface area contributed by atoms with Crippen LogP contribution in [-0.4, -0.2) is 22.3 Å². The van der Waals surface area contributed by atoms with E-state index in [1.165, 1.54) is 0 Å². The van der Waals surface area contributed by atoms with Gasteiger partial charge in [0.25, 0.3) is 0 Å². The molecule has 4 nitrogen and oxygen atoms in total. The highest BCUT2D eigenvalue weighted by molar-refractivity contribution is 6.02. The Balaban J connectivity index is 1.73. The van der Waals surface area contributed by atoms with E-state index in [1.807, 2.05) is 13.0 Å². The molecule has 0 bridgehead atoms. The lowest BCUT2D eigenvalue weighted by atomic mass is 9.33. The molecule has 0 heterocycles. The molecule has 1 N–H and O–H groups in total. The van der Waals surface area contributed by atoms with Crippen LogP contribution < -0.4 is 0 Å². The fourth-order valence-electron chi connectivity index (χ4n) is 9.95. The summed E-state index contributed by atoms with van der Waals surface area (Å²) in [6, 6.07) is 0. The monoisotopic (exact) mass is 477 g/mol. The second-order valence-electron chi connectivity index (χ2n) is 14.2. The van der Waals surface area contributed by atoms with E-state index in [0.29, 0.717) is 0 Å². The molecule has 35 heavy (non-hydrogen) atoms. The van der Waals surface area contributed by atoms with Gasteiger partial charge in [0.05, 0.1) is 6.57 Å². The minimum Gasteiger partial charge on any atom is -0.381 e.